The van der Waals surface area contributed by atoms with Gasteiger partial charge in [-0.05, 0) is 36.4 Å². The van der Waals surface area contributed by atoms with Crippen LogP contribution in [0.1, 0.15) is 15.2 Å². The number of nitrogens with zero attached hydrogens (tertiary/aromatic N) is 2. The molecule has 1 N–H and O–H groups in total. The molecule has 0 bridgehead atoms. The van der Waals surface area contributed by atoms with E-state index in [2.05, 4.69) is 11.9 Å². The van der Waals surface area contributed by atoms with Crippen LogP contribution in [0.5, 0.6) is 0 Å². The molecule has 0 saturated carbocycles. The van der Waals surface area contributed by atoms with Crippen molar-refractivity contribution >= 4 is 40.4 Å². The van der Waals surface area contributed by atoms with Crippen molar-refractivity contribution in [1.29, 1.82) is 0 Å². The Morgan fingerprint density at radius 2 is 1.88 bits per heavy atom. The van der Waals surface area contributed by atoms with Crippen LogP contribution in [0, 0.1) is 0 Å². The molecule has 2 amide bonds. The van der Waals surface area contributed by atoms with Crippen molar-refractivity contribution in [2.75, 3.05) is 32.5 Å². The van der Waals surface area contributed by atoms with E-state index in [1.807, 2.05) is 17.0 Å². The lowest BCUT2D eigenvalue weighted by Crippen LogP contribution is -2.32. The Hall–Kier alpha value is -2.15. The summed E-state index contributed by atoms with van der Waals surface area (Å²) in [5.41, 5.74) is 1.24. The van der Waals surface area contributed by atoms with Crippen LogP contribution in [0.15, 0.2) is 49.1 Å². The summed E-state index contributed by atoms with van der Waals surface area (Å²) in [6.07, 6.45) is 1.77. The van der Waals surface area contributed by atoms with Crippen LogP contribution in [0.25, 0.3) is 0 Å². The van der Waals surface area contributed by atoms with Crippen LogP contribution in [0.2, 0.25) is 4.34 Å². The molecule has 0 aliphatic heterocycles. The van der Waals surface area contributed by atoms with E-state index in [-0.39, 0.29) is 18.4 Å². The molecule has 0 saturated heterocycles. The number of thiophene rings is 1. The highest BCUT2D eigenvalue weighted by Gasteiger charge is 2.13. The molecule has 1 aromatic heterocycles. The van der Waals surface area contributed by atoms with Gasteiger partial charge < -0.3 is 10.2 Å². The fourth-order valence-electron chi connectivity index (χ4n) is 2.38. The summed E-state index contributed by atoms with van der Waals surface area (Å²) in [5, 5.41) is 2.85. The Morgan fingerprint density at radius 3 is 2.42 bits per heavy atom. The van der Waals surface area contributed by atoms with Gasteiger partial charge in [0.25, 0.3) is 5.91 Å². The van der Waals surface area contributed by atoms with Gasteiger partial charge in [-0.1, -0.05) is 17.7 Å². The third-order valence-corrected chi connectivity index (χ3v) is 4.80. The van der Waals surface area contributed by atoms with Crippen LogP contribution in [0.4, 0.5) is 5.69 Å². The van der Waals surface area contributed by atoms with Gasteiger partial charge in [0.05, 0.1) is 10.9 Å². The first-order chi connectivity index (χ1) is 12.4. The number of halogens is 1. The van der Waals surface area contributed by atoms with Crippen molar-refractivity contribution in [1.82, 2.24) is 9.80 Å². The largest absolute Gasteiger partial charge is 0.345 e. The summed E-state index contributed by atoms with van der Waals surface area (Å²) < 4.78 is 0.732. The van der Waals surface area contributed by atoms with Crippen molar-refractivity contribution in [2.45, 2.75) is 6.54 Å². The van der Waals surface area contributed by atoms with Crippen molar-refractivity contribution in [3.05, 3.63) is 63.8 Å². The number of carbonyl (C=O) groups excluding carboxylic acids is 2. The van der Waals surface area contributed by atoms with Crippen LogP contribution in [-0.4, -0.2) is 48.8 Å². The summed E-state index contributed by atoms with van der Waals surface area (Å²) >= 11 is 7.46. The summed E-state index contributed by atoms with van der Waals surface area (Å²) in [4.78, 5) is 28.8. The average molecular weight is 392 g/mol. The first kappa shape index (κ1) is 20.2. The molecule has 1 aromatic carbocycles. The average Bonchev–Trinajstić information content (AvgIpc) is 2.99. The van der Waals surface area contributed by atoms with Gasteiger partial charge in [-0.25, -0.2) is 0 Å². The minimum atomic E-state index is -0.124. The molecule has 5 nitrogen and oxygen atoms in total. The highest BCUT2D eigenvalue weighted by molar-refractivity contribution is 7.16. The number of anilines is 1. The predicted octanol–water partition coefficient (Wildman–Crippen LogP) is 3.73. The molecule has 0 aliphatic carbocycles. The van der Waals surface area contributed by atoms with E-state index in [0.717, 1.165) is 9.21 Å². The summed E-state index contributed by atoms with van der Waals surface area (Å²) in [6, 6.07) is 10.7. The fraction of sp³-hybridized carbons (Fsp3) is 0.263. The number of hydrogen-bond acceptors (Lipinski definition) is 4. The van der Waals surface area contributed by atoms with E-state index < -0.39 is 0 Å². The van der Waals surface area contributed by atoms with Gasteiger partial charge in [-0.15, -0.1) is 17.9 Å². The van der Waals surface area contributed by atoms with Gasteiger partial charge >= 0.3 is 0 Å². The Bertz CT molecular complexity index is 771. The van der Waals surface area contributed by atoms with E-state index in [4.69, 9.17) is 11.6 Å². The van der Waals surface area contributed by atoms with E-state index in [1.54, 1.807) is 44.4 Å². The maximum absolute atomic E-state index is 12.3. The Kier molecular flexibility index (Phi) is 7.38. The van der Waals surface area contributed by atoms with Crippen LogP contribution >= 0.6 is 22.9 Å². The summed E-state index contributed by atoms with van der Waals surface area (Å²) in [6.45, 7) is 5.21. The van der Waals surface area contributed by atoms with Gasteiger partial charge in [0, 0.05) is 43.3 Å². The summed E-state index contributed by atoms with van der Waals surface area (Å²) in [5.74, 6) is -0.198. The number of carbonyl (C=O) groups is 2. The van der Waals surface area contributed by atoms with Gasteiger partial charge in [-0.2, -0.15) is 0 Å². The Balaban J connectivity index is 1.94. The molecule has 0 spiro atoms. The minimum Gasteiger partial charge on any atom is -0.345 e. The predicted molar refractivity (Wildman–Crippen MR) is 108 cm³/mol. The molecule has 0 aliphatic rings. The molecule has 0 unspecified atom stereocenters. The second-order valence-electron chi connectivity index (χ2n) is 5.99. The van der Waals surface area contributed by atoms with Crippen molar-refractivity contribution < 1.29 is 9.59 Å². The lowest BCUT2D eigenvalue weighted by Gasteiger charge is -2.19. The van der Waals surface area contributed by atoms with Crippen molar-refractivity contribution in [3.8, 4) is 0 Å². The second-order valence-corrected chi connectivity index (χ2v) is 7.79. The first-order valence-electron chi connectivity index (χ1n) is 8.08. The fourth-order valence-corrected chi connectivity index (χ4v) is 3.51. The normalized spacial score (nSPS) is 10.6. The van der Waals surface area contributed by atoms with E-state index in [9.17, 15) is 9.59 Å². The topological polar surface area (TPSA) is 52.7 Å². The molecule has 138 valence electrons. The molecular weight excluding hydrogens is 370 g/mol. The zero-order valence-electron chi connectivity index (χ0n) is 14.9. The Morgan fingerprint density at radius 1 is 1.19 bits per heavy atom. The van der Waals surface area contributed by atoms with E-state index in [1.165, 1.54) is 16.2 Å². The quantitative estimate of drug-likeness (QED) is 0.697. The van der Waals surface area contributed by atoms with Gasteiger partial charge in [0.15, 0.2) is 0 Å². The zero-order valence-corrected chi connectivity index (χ0v) is 16.4. The smallest absolute Gasteiger partial charge is 0.253 e. The monoisotopic (exact) mass is 391 g/mol. The van der Waals surface area contributed by atoms with Crippen molar-refractivity contribution in [3.63, 3.8) is 0 Å². The molecule has 0 atom stereocenters. The molecule has 2 rings (SSSR count). The zero-order chi connectivity index (χ0) is 19.1. The molecule has 0 radical (unpaired) electrons. The number of amides is 2. The number of benzene rings is 1. The molecule has 2 aromatic rings. The van der Waals surface area contributed by atoms with Crippen LogP contribution in [-0.2, 0) is 11.3 Å². The Labute approximate surface area is 162 Å². The SMILES string of the molecule is C=CCN(CC(=O)Nc1ccc(C(=O)N(C)C)cc1)Cc1ccc(Cl)s1. The maximum atomic E-state index is 12.3. The maximum Gasteiger partial charge on any atom is 0.253 e. The third-order valence-electron chi connectivity index (χ3n) is 3.58. The molecule has 7 heteroatoms. The molecule has 0 fully saturated rings. The van der Waals surface area contributed by atoms with E-state index in [0.29, 0.717) is 24.3 Å². The van der Waals surface area contributed by atoms with Crippen molar-refractivity contribution in [2.24, 2.45) is 0 Å². The van der Waals surface area contributed by atoms with Gasteiger partial charge in [0.1, 0.15) is 0 Å². The lowest BCUT2D eigenvalue weighted by atomic mass is 10.2. The molecule has 26 heavy (non-hydrogen) atoms. The van der Waals surface area contributed by atoms with Gasteiger partial charge in [0.2, 0.25) is 5.91 Å². The number of nitrogens with one attached hydrogen (secondary N) is 1. The standard InChI is InChI=1S/C19H22ClN3O2S/c1-4-11-23(12-16-9-10-17(20)26-16)13-18(24)21-15-7-5-14(6-8-15)19(25)22(2)3/h4-10H,1,11-13H2,2-3H3,(H,21,24). The molecule has 1 heterocycles. The van der Waals surface area contributed by atoms with Crippen LogP contribution < -0.4 is 5.32 Å². The number of hydrogen-bond donors (Lipinski definition) is 1. The molecular formula is C19H22ClN3O2S. The third kappa shape index (κ3) is 5.98. The van der Waals surface area contributed by atoms with Crippen LogP contribution in [0.3, 0.4) is 0 Å². The number of rotatable bonds is 8. The second kappa shape index (κ2) is 9.52. The summed E-state index contributed by atoms with van der Waals surface area (Å²) in [7, 11) is 3.40. The van der Waals surface area contributed by atoms with Gasteiger partial charge in [-0.3, -0.25) is 14.5 Å². The highest BCUT2D eigenvalue weighted by atomic mass is 35.5. The first-order valence-corrected chi connectivity index (χ1v) is 9.27. The minimum absolute atomic E-state index is 0.0744. The lowest BCUT2D eigenvalue weighted by molar-refractivity contribution is -0.117. The van der Waals surface area contributed by atoms with E-state index >= 15 is 0 Å². The highest BCUT2D eigenvalue weighted by Crippen LogP contribution is 2.22.